The van der Waals surface area contributed by atoms with Gasteiger partial charge in [0.1, 0.15) is 0 Å². The van der Waals surface area contributed by atoms with Crippen molar-refractivity contribution < 1.29 is 0 Å². The first-order chi connectivity index (χ1) is 6.29. The average Bonchev–Trinajstić information content (AvgIpc) is 2.13. The largest absolute Gasteiger partial charge is 0.103 e. The molecule has 0 aliphatic rings. The van der Waals surface area contributed by atoms with E-state index in [9.17, 15) is 0 Å². The first-order valence-electron chi connectivity index (χ1n) is 4.27. The summed E-state index contributed by atoms with van der Waals surface area (Å²) in [6.45, 7) is 7.39. The molecule has 0 atom stereocenters. The van der Waals surface area contributed by atoms with Crippen LogP contribution in [-0.4, -0.2) is 0 Å². The molecule has 0 bridgehead atoms. The summed E-state index contributed by atoms with van der Waals surface area (Å²) in [6.07, 6.45) is 5.37. The van der Waals surface area contributed by atoms with E-state index >= 15 is 0 Å². The highest BCUT2D eigenvalue weighted by atomic mass is 35.5. The van der Waals surface area contributed by atoms with Crippen LogP contribution in [-0.2, 0) is 12.8 Å². The van der Waals surface area contributed by atoms with Crippen molar-refractivity contribution in [2.45, 2.75) is 12.8 Å². The lowest BCUT2D eigenvalue weighted by Crippen LogP contribution is -1.89. The van der Waals surface area contributed by atoms with Gasteiger partial charge in [0.05, 0.1) is 0 Å². The van der Waals surface area contributed by atoms with E-state index in [-0.39, 0.29) is 0 Å². The molecule has 1 aromatic carbocycles. The normalized spacial score (nSPS) is 9.62. The van der Waals surface area contributed by atoms with Crippen LogP contribution in [0.4, 0.5) is 0 Å². The summed E-state index contributed by atoms with van der Waals surface area (Å²) in [5, 5.41) is 0.849. The minimum atomic E-state index is 0.823. The molecule has 0 spiro atoms. The maximum atomic E-state index is 6.17. The number of halogens is 1. The smallest absolute Gasteiger partial charge is 0.0476 e. The average molecular weight is 193 g/mol. The molecule has 1 rings (SSSR count). The Morgan fingerprint density at radius 3 is 1.92 bits per heavy atom. The molecule has 68 valence electrons. The third-order valence-electron chi connectivity index (χ3n) is 1.89. The highest BCUT2D eigenvalue weighted by molar-refractivity contribution is 6.32. The third kappa shape index (κ3) is 2.46. The van der Waals surface area contributed by atoms with Crippen LogP contribution in [0, 0.1) is 0 Å². The van der Waals surface area contributed by atoms with Crippen LogP contribution >= 0.6 is 11.6 Å². The zero-order valence-electron chi connectivity index (χ0n) is 7.59. The van der Waals surface area contributed by atoms with Crippen molar-refractivity contribution in [3.63, 3.8) is 0 Å². The van der Waals surface area contributed by atoms with Gasteiger partial charge in [-0.2, -0.15) is 0 Å². The van der Waals surface area contributed by atoms with Gasteiger partial charge in [-0.25, -0.2) is 0 Å². The Hall–Kier alpha value is -1.01. The Morgan fingerprint density at radius 2 is 1.54 bits per heavy atom. The van der Waals surface area contributed by atoms with E-state index < -0.39 is 0 Å². The van der Waals surface area contributed by atoms with Gasteiger partial charge in [0.2, 0.25) is 0 Å². The zero-order chi connectivity index (χ0) is 9.68. The van der Waals surface area contributed by atoms with Gasteiger partial charge < -0.3 is 0 Å². The molecule has 0 amide bonds. The summed E-state index contributed by atoms with van der Waals surface area (Å²) in [7, 11) is 0. The van der Waals surface area contributed by atoms with Gasteiger partial charge in [-0.3, -0.25) is 0 Å². The molecule has 1 heteroatoms. The standard InChI is InChI=1S/C12H13Cl/c1-3-6-10-8-5-9-11(7-4-2)12(10)13/h3-5,8-9H,1-2,6-7H2. The van der Waals surface area contributed by atoms with Crippen LogP contribution in [0.15, 0.2) is 43.5 Å². The first-order valence-corrected chi connectivity index (χ1v) is 4.65. The van der Waals surface area contributed by atoms with Crippen molar-refractivity contribution in [3.8, 4) is 0 Å². The summed E-state index contributed by atoms with van der Waals surface area (Å²) < 4.78 is 0. The van der Waals surface area contributed by atoms with Crippen LogP contribution in [0.5, 0.6) is 0 Å². The maximum Gasteiger partial charge on any atom is 0.0476 e. The lowest BCUT2D eigenvalue weighted by atomic mass is 10.1. The van der Waals surface area contributed by atoms with Gasteiger partial charge in [0, 0.05) is 5.02 Å². The van der Waals surface area contributed by atoms with Crippen molar-refractivity contribution >= 4 is 11.6 Å². The molecule has 0 nitrogen and oxygen atoms in total. The molecule has 0 aliphatic heterocycles. The Kier molecular flexibility index (Phi) is 3.78. The van der Waals surface area contributed by atoms with Crippen LogP contribution in [0.25, 0.3) is 0 Å². The van der Waals surface area contributed by atoms with Gasteiger partial charge in [0.25, 0.3) is 0 Å². The summed E-state index contributed by atoms with van der Waals surface area (Å²) in [6, 6.07) is 6.07. The van der Waals surface area contributed by atoms with Crippen LogP contribution in [0.3, 0.4) is 0 Å². The number of hydrogen-bond donors (Lipinski definition) is 0. The van der Waals surface area contributed by atoms with Crippen LogP contribution in [0.2, 0.25) is 5.02 Å². The molecular formula is C12H13Cl. The minimum Gasteiger partial charge on any atom is -0.103 e. The zero-order valence-corrected chi connectivity index (χ0v) is 8.35. The Balaban J connectivity index is 3.02. The van der Waals surface area contributed by atoms with Crippen molar-refractivity contribution in [2.24, 2.45) is 0 Å². The lowest BCUT2D eigenvalue weighted by Gasteiger charge is -2.05. The van der Waals surface area contributed by atoms with Crippen molar-refractivity contribution in [1.82, 2.24) is 0 Å². The first kappa shape index (κ1) is 10.1. The van der Waals surface area contributed by atoms with E-state index in [4.69, 9.17) is 11.6 Å². The second-order valence-corrected chi connectivity index (χ2v) is 3.25. The molecule has 0 aromatic heterocycles. The highest BCUT2D eigenvalue weighted by Crippen LogP contribution is 2.22. The van der Waals surface area contributed by atoms with Crippen molar-refractivity contribution in [2.75, 3.05) is 0 Å². The summed E-state index contributed by atoms with van der Waals surface area (Å²) in [4.78, 5) is 0. The fourth-order valence-electron chi connectivity index (χ4n) is 1.26. The Bertz CT molecular complexity index is 285. The molecule has 1 aromatic rings. The molecule has 0 radical (unpaired) electrons. The van der Waals surface area contributed by atoms with E-state index in [1.54, 1.807) is 0 Å². The quantitative estimate of drug-likeness (QED) is 0.637. The molecule has 0 N–H and O–H groups in total. The number of benzene rings is 1. The Morgan fingerprint density at radius 1 is 1.08 bits per heavy atom. The summed E-state index contributed by atoms with van der Waals surface area (Å²) >= 11 is 6.17. The van der Waals surface area contributed by atoms with E-state index in [0.29, 0.717) is 0 Å². The van der Waals surface area contributed by atoms with Crippen molar-refractivity contribution in [1.29, 1.82) is 0 Å². The van der Waals surface area contributed by atoms with E-state index in [2.05, 4.69) is 13.2 Å². The second-order valence-electron chi connectivity index (χ2n) is 2.88. The number of rotatable bonds is 4. The second kappa shape index (κ2) is 4.88. The predicted octanol–water partition coefficient (Wildman–Crippen LogP) is 3.80. The van der Waals surface area contributed by atoms with Crippen LogP contribution in [0.1, 0.15) is 11.1 Å². The fourth-order valence-corrected chi connectivity index (χ4v) is 1.54. The lowest BCUT2D eigenvalue weighted by molar-refractivity contribution is 1.21. The van der Waals surface area contributed by atoms with Gasteiger partial charge in [0.15, 0.2) is 0 Å². The van der Waals surface area contributed by atoms with Gasteiger partial charge in [-0.05, 0) is 24.0 Å². The Labute approximate surface area is 84.5 Å². The molecule has 0 saturated carbocycles. The molecule has 0 saturated heterocycles. The van der Waals surface area contributed by atoms with E-state index in [1.165, 1.54) is 0 Å². The van der Waals surface area contributed by atoms with Crippen molar-refractivity contribution in [3.05, 3.63) is 59.7 Å². The molecule has 13 heavy (non-hydrogen) atoms. The monoisotopic (exact) mass is 192 g/mol. The van der Waals surface area contributed by atoms with E-state index in [1.807, 2.05) is 30.4 Å². The topological polar surface area (TPSA) is 0 Å². The number of hydrogen-bond acceptors (Lipinski definition) is 0. The molecule has 0 heterocycles. The summed E-state index contributed by atoms with van der Waals surface area (Å²) in [5.41, 5.74) is 2.27. The highest BCUT2D eigenvalue weighted by Gasteiger charge is 2.02. The van der Waals surface area contributed by atoms with Gasteiger partial charge >= 0.3 is 0 Å². The molecule has 0 unspecified atom stereocenters. The van der Waals surface area contributed by atoms with Gasteiger partial charge in [-0.1, -0.05) is 42.0 Å². The minimum absolute atomic E-state index is 0.823. The number of allylic oxidation sites excluding steroid dienone is 2. The molecule has 0 fully saturated rings. The van der Waals surface area contributed by atoms with Gasteiger partial charge in [-0.15, -0.1) is 13.2 Å². The fraction of sp³-hybridized carbons (Fsp3) is 0.167. The molecule has 0 aliphatic carbocycles. The predicted molar refractivity (Wildman–Crippen MR) is 59.3 cm³/mol. The molecular weight excluding hydrogens is 180 g/mol. The maximum absolute atomic E-state index is 6.17. The summed E-state index contributed by atoms with van der Waals surface area (Å²) in [5.74, 6) is 0. The third-order valence-corrected chi connectivity index (χ3v) is 2.37. The van der Waals surface area contributed by atoms with E-state index in [0.717, 1.165) is 29.0 Å². The SMILES string of the molecule is C=CCc1cccc(CC=C)c1Cl. The van der Waals surface area contributed by atoms with Crippen LogP contribution < -0.4 is 0 Å².